The molecule has 0 amide bonds. The van der Waals surface area contributed by atoms with E-state index in [0.29, 0.717) is 13.4 Å². The van der Waals surface area contributed by atoms with Crippen molar-refractivity contribution in [2.45, 2.75) is 24.0 Å². The van der Waals surface area contributed by atoms with Crippen LogP contribution in [-0.4, -0.2) is 13.4 Å². The maximum absolute atomic E-state index is 3.54. The van der Waals surface area contributed by atoms with Crippen LogP contribution in [0, 0.1) is 0 Å². The Labute approximate surface area is 63.7 Å². The van der Waals surface area contributed by atoms with Crippen LogP contribution in [0.5, 0.6) is 0 Å². The summed E-state index contributed by atoms with van der Waals surface area (Å²) >= 11 is 4.06. The minimum Gasteiger partial charge on any atom is -0.232 e. The molecule has 1 unspecified atom stereocenters. The predicted molar refractivity (Wildman–Crippen MR) is 41.4 cm³/mol. The number of halogens is 1. The van der Waals surface area contributed by atoms with E-state index in [9.17, 15) is 0 Å². The lowest BCUT2D eigenvalue weighted by Crippen LogP contribution is -1.96. The number of hydrogen-bond donors (Lipinski definition) is 0. The minimum atomic E-state index is 0.513. The molecule has 0 spiro atoms. The van der Waals surface area contributed by atoms with Crippen LogP contribution in [0.1, 0.15) is 19.3 Å². The maximum Gasteiger partial charge on any atom is 0.325 e. The highest BCUT2D eigenvalue weighted by Gasteiger charge is 2.06. The van der Waals surface area contributed by atoms with Crippen LogP contribution in [-0.2, 0) is 0 Å². The van der Waals surface area contributed by atoms with E-state index in [0.717, 1.165) is 4.78 Å². The van der Waals surface area contributed by atoms with Crippen molar-refractivity contribution >= 4 is 27.4 Å². The number of hydrogen-bond acceptors (Lipinski definition) is 0. The van der Waals surface area contributed by atoms with E-state index in [4.69, 9.17) is 0 Å². The highest BCUT2D eigenvalue weighted by atomic mass is 79.9. The molecule has 0 heterocycles. The molecular weight excluding hydrogens is 179 g/mol. The van der Waals surface area contributed by atoms with Gasteiger partial charge in [-0.15, -0.1) is 0 Å². The summed E-state index contributed by atoms with van der Waals surface area (Å²) in [4.78, 5) is 0. The van der Waals surface area contributed by atoms with Crippen LogP contribution >= 0.6 is 14.1 Å². The largest absolute Gasteiger partial charge is 0.325 e. The molecule has 0 bridgehead atoms. The van der Waals surface area contributed by atoms with E-state index >= 15 is 0 Å². The molecule has 1 radical (unpaired) electrons. The quantitative estimate of drug-likeness (QED) is 0.438. The average molecular weight is 188 g/mol. The van der Waals surface area contributed by atoms with Gasteiger partial charge in [0.2, 0.25) is 0 Å². The van der Waals surface area contributed by atoms with Crippen LogP contribution in [0.2, 0.25) is 4.78 Å². The summed E-state index contributed by atoms with van der Waals surface area (Å²) in [7, 11) is 0. The highest BCUT2D eigenvalue weighted by molar-refractivity contribution is 9.23. The Morgan fingerprint density at radius 2 is 2.50 bits per heavy atom. The van der Waals surface area contributed by atoms with Crippen LogP contribution in [0.4, 0.5) is 0 Å². The Morgan fingerprint density at radius 1 is 1.62 bits per heavy atom. The maximum atomic E-state index is 3.54. The second-order valence-electron chi connectivity index (χ2n) is 2.15. The molecule has 1 aliphatic rings. The molecular formula is C6H9AlBr. The summed E-state index contributed by atoms with van der Waals surface area (Å²) in [6.07, 6.45) is 8.79. The van der Waals surface area contributed by atoms with Gasteiger partial charge in [-0.3, -0.25) is 0 Å². The van der Waals surface area contributed by atoms with E-state index in [2.05, 4.69) is 26.2 Å². The van der Waals surface area contributed by atoms with E-state index < -0.39 is 0 Å². The SMILES string of the molecule is [Br][Al][CH]1C=CCCC1. The fourth-order valence-corrected chi connectivity index (χ4v) is 2.87. The van der Waals surface area contributed by atoms with Crippen LogP contribution in [0.25, 0.3) is 0 Å². The highest BCUT2D eigenvalue weighted by Crippen LogP contribution is 2.22. The van der Waals surface area contributed by atoms with Crippen LogP contribution < -0.4 is 0 Å². The second-order valence-corrected chi connectivity index (χ2v) is 4.84. The van der Waals surface area contributed by atoms with Crippen LogP contribution in [0.15, 0.2) is 12.2 Å². The normalized spacial score (nSPS) is 27.9. The molecule has 1 rings (SSSR count). The molecule has 0 aliphatic heterocycles. The summed E-state index contributed by atoms with van der Waals surface area (Å²) in [6.45, 7) is 0. The first kappa shape index (κ1) is 6.87. The molecule has 43 valence electrons. The van der Waals surface area contributed by atoms with Crippen molar-refractivity contribution in [1.82, 2.24) is 0 Å². The fraction of sp³-hybridized carbons (Fsp3) is 0.667. The lowest BCUT2D eigenvalue weighted by molar-refractivity contribution is 0.728. The van der Waals surface area contributed by atoms with Gasteiger partial charge < -0.3 is 0 Å². The summed E-state index contributed by atoms with van der Waals surface area (Å²) in [5.41, 5.74) is 0. The Bertz CT molecular complexity index is 90.5. The molecule has 0 aromatic heterocycles. The lowest BCUT2D eigenvalue weighted by Gasteiger charge is -2.10. The van der Waals surface area contributed by atoms with E-state index in [1.807, 2.05) is 0 Å². The zero-order chi connectivity index (χ0) is 5.82. The number of allylic oxidation sites excluding steroid dienone is 2. The lowest BCUT2D eigenvalue weighted by atomic mass is 10.1. The monoisotopic (exact) mass is 187 g/mol. The molecule has 0 N–H and O–H groups in total. The van der Waals surface area contributed by atoms with Crippen molar-refractivity contribution in [3.8, 4) is 0 Å². The zero-order valence-corrected chi connectivity index (χ0v) is 7.55. The van der Waals surface area contributed by atoms with Gasteiger partial charge in [-0.05, 0) is 6.42 Å². The second kappa shape index (κ2) is 3.72. The predicted octanol–water partition coefficient (Wildman–Crippen LogP) is 2.53. The Balaban J connectivity index is 2.32. The van der Waals surface area contributed by atoms with Crippen molar-refractivity contribution in [2.24, 2.45) is 0 Å². The molecule has 8 heavy (non-hydrogen) atoms. The molecule has 0 saturated heterocycles. The molecule has 0 aromatic rings. The Hall–Kier alpha value is 0.752. The third-order valence-corrected chi connectivity index (χ3v) is 4.37. The summed E-state index contributed by atoms with van der Waals surface area (Å²) in [5.74, 6) is 0. The summed E-state index contributed by atoms with van der Waals surface area (Å²) < 4.78 is 0.906. The molecule has 1 atom stereocenters. The first-order chi connectivity index (χ1) is 3.93. The molecule has 2 heteroatoms. The van der Waals surface area contributed by atoms with E-state index in [1.165, 1.54) is 19.3 Å². The van der Waals surface area contributed by atoms with Crippen LogP contribution in [0.3, 0.4) is 0 Å². The van der Waals surface area contributed by atoms with Gasteiger partial charge in [0.25, 0.3) is 0 Å². The fourth-order valence-electron chi connectivity index (χ4n) is 0.944. The molecule has 0 nitrogen and oxygen atoms in total. The van der Waals surface area contributed by atoms with Crippen molar-refractivity contribution in [3.05, 3.63) is 12.2 Å². The minimum absolute atomic E-state index is 0.513. The first-order valence-corrected chi connectivity index (χ1v) is 6.88. The number of rotatable bonds is 1. The zero-order valence-electron chi connectivity index (χ0n) is 4.81. The summed E-state index contributed by atoms with van der Waals surface area (Å²) in [6, 6.07) is 0. The van der Waals surface area contributed by atoms with Gasteiger partial charge in [0.15, 0.2) is 0 Å². The van der Waals surface area contributed by atoms with Crippen molar-refractivity contribution in [3.63, 3.8) is 0 Å². The Kier molecular flexibility index (Phi) is 3.19. The van der Waals surface area contributed by atoms with Gasteiger partial charge in [-0.25, -0.2) is 14.1 Å². The van der Waals surface area contributed by atoms with Crippen molar-refractivity contribution < 1.29 is 0 Å². The Morgan fingerprint density at radius 3 is 2.88 bits per heavy atom. The van der Waals surface area contributed by atoms with Crippen molar-refractivity contribution in [1.29, 1.82) is 0 Å². The molecule has 1 aliphatic carbocycles. The van der Waals surface area contributed by atoms with Crippen molar-refractivity contribution in [2.75, 3.05) is 0 Å². The average Bonchev–Trinajstić information content (AvgIpc) is 1.90. The standard InChI is InChI=1S/C6H9.Al.BrH/c1-2-4-6-5-3-1;;/h1-3H,4-6H2;;1H/q;+1;/p-1. The molecule has 0 fully saturated rings. The third-order valence-electron chi connectivity index (χ3n) is 1.45. The van der Waals surface area contributed by atoms with Gasteiger partial charge in [-0.2, -0.15) is 0 Å². The smallest absolute Gasteiger partial charge is 0.232 e. The topological polar surface area (TPSA) is 0 Å². The van der Waals surface area contributed by atoms with E-state index in [-0.39, 0.29) is 0 Å². The van der Waals surface area contributed by atoms with Gasteiger partial charge in [-0.1, -0.05) is 29.8 Å². The van der Waals surface area contributed by atoms with Gasteiger partial charge in [0, 0.05) is 0 Å². The third kappa shape index (κ3) is 1.93. The van der Waals surface area contributed by atoms with E-state index in [1.54, 1.807) is 0 Å². The molecule has 0 saturated carbocycles. The first-order valence-electron chi connectivity index (χ1n) is 3.03. The van der Waals surface area contributed by atoms with Gasteiger partial charge >= 0.3 is 13.4 Å². The van der Waals surface area contributed by atoms with Gasteiger partial charge in [0.05, 0.1) is 0 Å². The molecule has 0 aromatic carbocycles. The van der Waals surface area contributed by atoms with Gasteiger partial charge in [0.1, 0.15) is 0 Å². The summed E-state index contributed by atoms with van der Waals surface area (Å²) in [5, 5.41) is 0.